The number of hydrogen-bond donors (Lipinski definition) is 1. The molecular weight excluding hydrogens is 553 g/mol. The van der Waals surface area contributed by atoms with E-state index in [2.05, 4.69) is 105 Å². The van der Waals surface area contributed by atoms with Gasteiger partial charge in [0.15, 0.2) is 8.07 Å². The summed E-state index contributed by atoms with van der Waals surface area (Å²) in [6, 6.07) is 41.2. The van der Waals surface area contributed by atoms with Crippen molar-refractivity contribution < 1.29 is 9.22 Å². The van der Waals surface area contributed by atoms with Gasteiger partial charge in [0.2, 0.25) is 0 Å². The average Bonchev–Trinajstić information content (AvgIpc) is 3.36. The van der Waals surface area contributed by atoms with Gasteiger partial charge < -0.3 is 5.11 Å². The number of aryl methyl sites for hydroxylation is 1. The Morgan fingerprint density at radius 3 is 2.16 bits per heavy atom. The number of anilines is 3. The van der Waals surface area contributed by atoms with E-state index in [0.717, 1.165) is 28.1 Å². The van der Waals surface area contributed by atoms with Crippen molar-refractivity contribution in [2.45, 2.75) is 33.0 Å². The lowest BCUT2D eigenvalue weighted by molar-refractivity contribution is 0.476. The van der Waals surface area contributed by atoms with Crippen LogP contribution >= 0.6 is 0 Å². The Balaban J connectivity index is 1.41. The number of phenols is 1. The molecule has 6 aromatic rings. The van der Waals surface area contributed by atoms with Crippen LogP contribution in [0.2, 0.25) is 0 Å². The van der Waals surface area contributed by atoms with Crippen LogP contribution in [0.4, 0.5) is 17.2 Å². The number of hydrogen-bond acceptors (Lipinski definition) is 3. The average molecular weight is 590 g/mol. The van der Waals surface area contributed by atoms with Crippen molar-refractivity contribution in [1.29, 1.82) is 0 Å². The quantitative estimate of drug-likeness (QED) is 0.222. The molecule has 1 atom stereocenters. The molecule has 3 nitrogen and oxygen atoms in total. The van der Waals surface area contributed by atoms with Gasteiger partial charge in [-0.15, -0.1) is 0 Å². The maximum atomic E-state index is 11.2. The van der Waals surface area contributed by atoms with Crippen LogP contribution < -0.4 is 25.6 Å². The van der Waals surface area contributed by atoms with E-state index in [1.807, 2.05) is 36.4 Å². The van der Waals surface area contributed by atoms with Crippen LogP contribution in [0.15, 0.2) is 128 Å². The van der Waals surface area contributed by atoms with E-state index in [-0.39, 0.29) is 16.7 Å². The molecule has 0 amide bonds. The Morgan fingerprint density at radius 1 is 0.705 bits per heavy atom. The van der Waals surface area contributed by atoms with Crippen LogP contribution in [0, 0.1) is 6.85 Å². The van der Waals surface area contributed by atoms with Gasteiger partial charge >= 0.3 is 0 Å². The fourth-order valence-corrected chi connectivity index (χ4v) is 12.8. The van der Waals surface area contributed by atoms with Crippen LogP contribution in [0.3, 0.4) is 0 Å². The molecule has 44 heavy (non-hydrogen) atoms. The van der Waals surface area contributed by atoms with Gasteiger partial charge in [-0.3, -0.25) is 4.90 Å². The van der Waals surface area contributed by atoms with Crippen molar-refractivity contribution in [3.63, 3.8) is 0 Å². The molecule has 0 bridgehead atoms. The Bertz CT molecular complexity index is 2190. The van der Waals surface area contributed by atoms with E-state index < -0.39 is 14.9 Å². The SMILES string of the molecule is [2H]C([2H])([2H])c1cc(N2c3ccccc3[Si]3(c4ccccc4)c4ccccc4-c4cc(O)cc2c43)ncc1-c1ccc(C(C)(C)C)cc1. The lowest BCUT2D eigenvalue weighted by Crippen LogP contribution is -2.75. The lowest BCUT2D eigenvalue weighted by atomic mass is 9.86. The van der Waals surface area contributed by atoms with Gasteiger partial charge in [0.05, 0.1) is 5.69 Å². The third kappa shape index (κ3) is 3.71. The predicted octanol–water partition coefficient (Wildman–Crippen LogP) is 7.20. The first kappa shape index (κ1) is 23.5. The fourth-order valence-electron chi connectivity index (χ4n) is 7.31. The van der Waals surface area contributed by atoms with Crippen molar-refractivity contribution in [2.24, 2.45) is 0 Å². The van der Waals surface area contributed by atoms with Crippen molar-refractivity contribution in [1.82, 2.24) is 4.98 Å². The number of benzene rings is 5. The number of para-hydroxylation sites is 1. The monoisotopic (exact) mass is 589 g/mol. The summed E-state index contributed by atoms with van der Waals surface area (Å²) in [5.41, 5.74) is 6.69. The van der Waals surface area contributed by atoms with Gasteiger partial charge in [-0.2, -0.15) is 0 Å². The van der Waals surface area contributed by atoms with E-state index in [0.29, 0.717) is 11.4 Å². The molecule has 0 radical (unpaired) electrons. The van der Waals surface area contributed by atoms with E-state index in [9.17, 15) is 5.11 Å². The number of aromatic hydroxyl groups is 1. The fraction of sp³-hybridized carbons (Fsp3) is 0.125. The third-order valence-corrected chi connectivity index (χ3v) is 14.2. The van der Waals surface area contributed by atoms with Gasteiger partial charge in [-0.1, -0.05) is 118 Å². The Hall–Kier alpha value is -4.93. The summed E-state index contributed by atoms with van der Waals surface area (Å²) in [6.07, 6.45) is 1.69. The maximum Gasteiger partial charge on any atom is 0.185 e. The Kier molecular flexibility index (Phi) is 5.10. The zero-order valence-electron chi connectivity index (χ0n) is 28.0. The first-order valence-electron chi connectivity index (χ1n) is 16.5. The minimum atomic E-state index is -2.83. The van der Waals surface area contributed by atoms with Crippen LogP contribution in [-0.2, 0) is 5.41 Å². The summed E-state index contributed by atoms with van der Waals surface area (Å²) in [4.78, 5) is 7.03. The molecule has 2 aliphatic heterocycles. The first-order valence-corrected chi connectivity index (χ1v) is 17.0. The standard InChI is InChI=1S/C40H34N2OSi/c1-26-22-38(41-25-33(26)27-18-20-28(21-19-27)40(2,3)4)42-34-15-9-11-17-37(34)44(30-12-6-5-7-13-30)36-16-10-8-14-31(36)32-23-29(43)24-35(42)39(32)44/h5-25,43H,1-4H3/i1D3. The van der Waals surface area contributed by atoms with Crippen molar-refractivity contribution >= 4 is 46.0 Å². The first-order chi connectivity index (χ1) is 22.5. The molecule has 0 aliphatic carbocycles. The molecule has 214 valence electrons. The number of phenolic OH excluding ortho intramolecular Hbond substituents is 1. The van der Waals surface area contributed by atoms with Crippen LogP contribution in [0.5, 0.6) is 5.75 Å². The molecule has 0 spiro atoms. The number of fused-ring (bicyclic) bond motifs is 5. The van der Waals surface area contributed by atoms with E-state index in [1.54, 1.807) is 12.3 Å². The number of rotatable bonds is 3. The van der Waals surface area contributed by atoms with Gasteiger partial charge in [0, 0.05) is 27.6 Å². The third-order valence-electron chi connectivity index (χ3n) is 9.28. The molecule has 1 N–H and O–H groups in total. The highest BCUT2D eigenvalue weighted by molar-refractivity contribution is 7.23. The molecule has 3 heterocycles. The highest BCUT2D eigenvalue weighted by atomic mass is 28.3. The largest absolute Gasteiger partial charge is 0.508 e. The Labute approximate surface area is 264 Å². The number of aromatic nitrogens is 1. The van der Waals surface area contributed by atoms with Gasteiger partial charge in [-0.25, -0.2) is 4.98 Å². The van der Waals surface area contributed by atoms with Crippen LogP contribution in [0.1, 0.15) is 36.0 Å². The van der Waals surface area contributed by atoms with Gasteiger partial charge in [0.1, 0.15) is 11.6 Å². The molecule has 2 aliphatic rings. The second kappa shape index (κ2) is 9.53. The van der Waals surface area contributed by atoms with Crippen molar-refractivity contribution in [2.75, 3.05) is 4.90 Å². The molecule has 1 unspecified atom stereocenters. The van der Waals surface area contributed by atoms with Crippen LogP contribution in [0.25, 0.3) is 22.3 Å². The zero-order chi connectivity index (χ0) is 32.7. The molecular formula is C40H34N2OSi. The summed E-state index contributed by atoms with van der Waals surface area (Å²) in [5.74, 6) is 0.653. The highest BCUT2D eigenvalue weighted by Gasteiger charge is 2.54. The van der Waals surface area contributed by atoms with Crippen molar-refractivity contribution in [3.05, 3.63) is 139 Å². The van der Waals surface area contributed by atoms with Gasteiger partial charge in [0.25, 0.3) is 0 Å². The molecule has 1 aromatic heterocycles. The van der Waals surface area contributed by atoms with Crippen LogP contribution in [-0.4, -0.2) is 18.2 Å². The molecule has 0 fully saturated rings. The smallest absolute Gasteiger partial charge is 0.185 e. The lowest BCUT2D eigenvalue weighted by Gasteiger charge is -2.42. The molecule has 4 heteroatoms. The highest BCUT2D eigenvalue weighted by Crippen LogP contribution is 2.45. The number of pyridine rings is 1. The summed E-state index contributed by atoms with van der Waals surface area (Å²) in [7, 11) is -2.83. The minimum absolute atomic E-state index is 0.0193. The minimum Gasteiger partial charge on any atom is -0.508 e. The predicted molar refractivity (Wildman–Crippen MR) is 186 cm³/mol. The van der Waals surface area contributed by atoms with E-state index in [1.165, 1.54) is 26.3 Å². The second-order valence-corrected chi connectivity index (χ2v) is 16.5. The van der Waals surface area contributed by atoms with E-state index >= 15 is 0 Å². The summed E-state index contributed by atoms with van der Waals surface area (Å²) in [5, 5.41) is 16.2. The molecule has 5 aromatic carbocycles. The van der Waals surface area contributed by atoms with Gasteiger partial charge in [-0.05, 0) is 79.0 Å². The summed E-state index contributed by atoms with van der Waals surface area (Å²) < 4.78 is 25.8. The summed E-state index contributed by atoms with van der Waals surface area (Å²) >= 11 is 0. The second-order valence-electron chi connectivity index (χ2n) is 12.8. The van der Waals surface area contributed by atoms with E-state index in [4.69, 9.17) is 9.10 Å². The Morgan fingerprint density at radius 2 is 1.41 bits per heavy atom. The molecule has 0 saturated carbocycles. The van der Waals surface area contributed by atoms with Crippen molar-refractivity contribution in [3.8, 4) is 28.0 Å². The maximum absolute atomic E-state index is 11.2. The molecule has 8 rings (SSSR count). The number of nitrogens with zero attached hydrogens (tertiary/aromatic N) is 2. The normalized spacial score (nSPS) is 17.6. The topological polar surface area (TPSA) is 36.4 Å². The summed E-state index contributed by atoms with van der Waals surface area (Å²) in [6.45, 7) is 4.10. The zero-order valence-corrected chi connectivity index (χ0v) is 26.0. The molecule has 0 saturated heterocycles.